The molecule has 4 rings (SSSR count). The molecule has 4 aromatic carbocycles. The van der Waals surface area contributed by atoms with Gasteiger partial charge in [-0.25, -0.2) is 22.0 Å². The summed E-state index contributed by atoms with van der Waals surface area (Å²) in [5.74, 6) is -5.70. The summed E-state index contributed by atoms with van der Waals surface area (Å²) in [6.45, 7) is 2.05. The lowest BCUT2D eigenvalue weighted by atomic mass is 9.96. The third kappa shape index (κ3) is 4.24. The van der Waals surface area contributed by atoms with Crippen molar-refractivity contribution in [3.8, 4) is 22.3 Å². The van der Waals surface area contributed by atoms with E-state index < -0.39 is 29.1 Å². The van der Waals surface area contributed by atoms with Crippen LogP contribution in [-0.4, -0.2) is 0 Å². The zero-order valence-electron chi connectivity index (χ0n) is 17.5. The molecule has 164 valence electrons. The van der Waals surface area contributed by atoms with Gasteiger partial charge in [0.25, 0.3) is 0 Å². The summed E-state index contributed by atoms with van der Waals surface area (Å²) in [4.78, 5) is 0. The van der Waals surface area contributed by atoms with Gasteiger partial charge in [-0.15, -0.1) is 0 Å². The van der Waals surface area contributed by atoms with E-state index in [1.807, 2.05) is 0 Å². The first kappa shape index (κ1) is 22.0. The number of fused-ring (bicyclic) bond motifs is 1. The van der Waals surface area contributed by atoms with Crippen molar-refractivity contribution in [2.45, 2.75) is 32.6 Å². The third-order valence-corrected chi connectivity index (χ3v) is 5.68. The molecule has 0 saturated heterocycles. The van der Waals surface area contributed by atoms with Crippen LogP contribution in [-0.2, 0) is 6.42 Å². The van der Waals surface area contributed by atoms with Gasteiger partial charge in [0.15, 0.2) is 29.1 Å². The molecular weight excluding hydrogens is 419 g/mol. The van der Waals surface area contributed by atoms with Crippen LogP contribution in [0.4, 0.5) is 22.0 Å². The fraction of sp³-hybridized carbons (Fsp3) is 0.185. The molecule has 0 aromatic heterocycles. The molecule has 0 aliphatic rings. The molecule has 5 heteroatoms. The lowest BCUT2D eigenvalue weighted by Crippen LogP contribution is -1.97. The van der Waals surface area contributed by atoms with Crippen molar-refractivity contribution in [1.82, 2.24) is 0 Å². The Bertz CT molecular complexity index is 1270. The normalized spacial score (nSPS) is 11.3. The molecule has 0 fully saturated rings. The molecule has 0 bridgehead atoms. The topological polar surface area (TPSA) is 0 Å². The Kier molecular flexibility index (Phi) is 6.26. The average Bonchev–Trinajstić information content (AvgIpc) is 2.79. The highest BCUT2D eigenvalue weighted by atomic mass is 19.2. The van der Waals surface area contributed by atoms with Gasteiger partial charge in [0, 0.05) is 5.56 Å². The Labute approximate surface area is 183 Å². The van der Waals surface area contributed by atoms with E-state index in [1.54, 1.807) is 48.5 Å². The number of hydrogen-bond acceptors (Lipinski definition) is 0. The van der Waals surface area contributed by atoms with Crippen molar-refractivity contribution in [1.29, 1.82) is 0 Å². The summed E-state index contributed by atoms with van der Waals surface area (Å²) in [6, 6.07) is 15.3. The minimum absolute atomic E-state index is 0.176. The van der Waals surface area contributed by atoms with Crippen LogP contribution in [0.3, 0.4) is 0 Å². The van der Waals surface area contributed by atoms with Gasteiger partial charge in [-0.05, 0) is 70.1 Å². The Morgan fingerprint density at radius 1 is 0.562 bits per heavy atom. The number of hydrogen-bond donors (Lipinski definition) is 0. The van der Waals surface area contributed by atoms with Crippen molar-refractivity contribution in [3.63, 3.8) is 0 Å². The lowest BCUT2D eigenvalue weighted by Gasteiger charge is -2.11. The third-order valence-electron chi connectivity index (χ3n) is 5.68. The van der Waals surface area contributed by atoms with Crippen molar-refractivity contribution in [3.05, 3.63) is 95.3 Å². The summed E-state index contributed by atoms with van der Waals surface area (Å²) in [6.07, 6.45) is 3.28. The number of rotatable bonds is 6. The van der Waals surface area contributed by atoms with E-state index in [9.17, 15) is 22.0 Å². The molecule has 0 unspecified atom stereocenters. The zero-order chi connectivity index (χ0) is 22.8. The van der Waals surface area contributed by atoms with Crippen LogP contribution < -0.4 is 0 Å². The standard InChI is InChI=1S/C27H21F5/c1-2-3-4-5-16-10-11-22(26(31)25(16)30)20-9-8-17-12-19(7-6-18(17)13-20)21-14-23(28)27(32)24(29)15-21/h6-15H,2-5H2,1H3. The van der Waals surface area contributed by atoms with E-state index in [0.29, 0.717) is 23.1 Å². The van der Waals surface area contributed by atoms with Gasteiger partial charge >= 0.3 is 0 Å². The molecule has 0 saturated carbocycles. The summed E-state index contributed by atoms with van der Waals surface area (Å²) in [7, 11) is 0. The second-order valence-corrected chi connectivity index (χ2v) is 7.89. The van der Waals surface area contributed by atoms with Gasteiger partial charge in [-0.1, -0.05) is 56.2 Å². The summed E-state index contributed by atoms with van der Waals surface area (Å²) in [5, 5.41) is 1.49. The molecule has 0 aliphatic heterocycles. The molecule has 0 spiro atoms. The number of aryl methyl sites for hydroxylation is 1. The molecule has 32 heavy (non-hydrogen) atoms. The number of benzene rings is 4. The van der Waals surface area contributed by atoms with E-state index in [2.05, 4.69) is 6.92 Å². The first-order valence-electron chi connectivity index (χ1n) is 10.5. The SMILES string of the molecule is CCCCCc1ccc(-c2ccc3cc(-c4cc(F)c(F)c(F)c4)ccc3c2)c(F)c1F. The molecule has 0 radical (unpaired) electrons. The van der Waals surface area contributed by atoms with Crippen LogP contribution in [0.2, 0.25) is 0 Å². The van der Waals surface area contributed by atoms with Crippen molar-refractivity contribution >= 4 is 10.8 Å². The number of halogens is 5. The van der Waals surface area contributed by atoms with Crippen LogP contribution >= 0.6 is 0 Å². The lowest BCUT2D eigenvalue weighted by molar-refractivity contribution is 0.448. The van der Waals surface area contributed by atoms with E-state index in [-0.39, 0.29) is 11.1 Å². The van der Waals surface area contributed by atoms with Gasteiger partial charge in [-0.2, -0.15) is 0 Å². The average molecular weight is 440 g/mol. The summed E-state index contributed by atoms with van der Waals surface area (Å²) < 4.78 is 69.7. The predicted molar refractivity (Wildman–Crippen MR) is 118 cm³/mol. The van der Waals surface area contributed by atoms with Crippen molar-refractivity contribution < 1.29 is 22.0 Å². The fourth-order valence-corrected chi connectivity index (χ4v) is 3.89. The minimum Gasteiger partial charge on any atom is -0.204 e. The fourth-order valence-electron chi connectivity index (χ4n) is 3.89. The molecule has 0 N–H and O–H groups in total. The highest BCUT2D eigenvalue weighted by molar-refractivity contribution is 5.91. The van der Waals surface area contributed by atoms with Crippen molar-refractivity contribution in [2.75, 3.05) is 0 Å². The van der Waals surface area contributed by atoms with Crippen LogP contribution in [0.25, 0.3) is 33.0 Å². The highest BCUT2D eigenvalue weighted by Gasteiger charge is 2.16. The Morgan fingerprint density at radius 2 is 1.19 bits per heavy atom. The maximum absolute atomic E-state index is 14.8. The van der Waals surface area contributed by atoms with Crippen LogP contribution in [0, 0.1) is 29.1 Å². The zero-order valence-corrected chi connectivity index (χ0v) is 17.5. The first-order valence-corrected chi connectivity index (χ1v) is 10.5. The molecule has 0 nitrogen and oxygen atoms in total. The Morgan fingerprint density at radius 3 is 1.84 bits per heavy atom. The number of unbranched alkanes of at least 4 members (excludes halogenated alkanes) is 2. The van der Waals surface area contributed by atoms with Crippen LogP contribution in [0.15, 0.2) is 60.7 Å². The van der Waals surface area contributed by atoms with Gasteiger partial charge in [0.05, 0.1) is 0 Å². The smallest absolute Gasteiger partial charge is 0.194 e. The molecule has 0 atom stereocenters. The predicted octanol–water partition coefficient (Wildman–Crippen LogP) is 8.60. The van der Waals surface area contributed by atoms with Gasteiger partial charge in [0.2, 0.25) is 0 Å². The molecular formula is C27H21F5. The maximum atomic E-state index is 14.8. The van der Waals surface area contributed by atoms with E-state index in [4.69, 9.17) is 0 Å². The van der Waals surface area contributed by atoms with Gasteiger partial charge in [0.1, 0.15) is 0 Å². The van der Waals surface area contributed by atoms with Crippen molar-refractivity contribution in [2.24, 2.45) is 0 Å². The maximum Gasteiger partial charge on any atom is 0.194 e. The minimum atomic E-state index is -1.51. The second-order valence-electron chi connectivity index (χ2n) is 7.89. The largest absolute Gasteiger partial charge is 0.204 e. The molecule has 0 amide bonds. The van der Waals surface area contributed by atoms with Crippen LogP contribution in [0.5, 0.6) is 0 Å². The Balaban J connectivity index is 1.68. The summed E-state index contributed by atoms with van der Waals surface area (Å²) in [5.41, 5.74) is 1.80. The van der Waals surface area contributed by atoms with Gasteiger partial charge in [-0.3, -0.25) is 0 Å². The van der Waals surface area contributed by atoms with Crippen LogP contribution in [0.1, 0.15) is 31.7 Å². The Hall–Kier alpha value is -3.21. The quantitative estimate of drug-likeness (QED) is 0.160. The van der Waals surface area contributed by atoms with E-state index >= 15 is 0 Å². The second kappa shape index (κ2) is 9.11. The molecule has 4 aromatic rings. The monoisotopic (exact) mass is 440 g/mol. The molecule has 0 aliphatic carbocycles. The first-order chi connectivity index (χ1) is 15.4. The summed E-state index contributed by atoms with van der Waals surface area (Å²) >= 11 is 0. The molecule has 0 heterocycles. The van der Waals surface area contributed by atoms with Gasteiger partial charge < -0.3 is 0 Å². The highest BCUT2D eigenvalue weighted by Crippen LogP contribution is 2.32. The van der Waals surface area contributed by atoms with E-state index in [1.165, 1.54) is 0 Å². The van der Waals surface area contributed by atoms with E-state index in [0.717, 1.165) is 42.2 Å².